The molecule has 0 fully saturated rings. The minimum absolute atomic E-state index is 0. The fraction of sp³-hybridized carbons (Fsp3) is 0.412. The van der Waals surface area contributed by atoms with Gasteiger partial charge in [0.1, 0.15) is 0 Å². The van der Waals surface area contributed by atoms with E-state index >= 15 is 0 Å². The topological polar surface area (TPSA) is 72.9 Å². The Kier molecular flexibility index (Phi) is 6.36. The number of aromatic nitrogens is 2. The molecule has 0 bridgehead atoms. The minimum Gasteiger partial charge on any atom is -0.320 e. The van der Waals surface area contributed by atoms with Gasteiger partial charge in [0.15, 0.2) is 5.82 Å². The fourth-order valence-corrected chi connectivity index (χ4v) is 2.38. The lowest BCUT2D eigenvalue weighted by Crippen LogP contribution is -2.39. The number of hydrogen-bond acceptors (Lipinski definition) is 3. The zero-order chi connectivity index (χ0) is 16.4. The summed E-state index contributed by atoms with van der Waals surface area (Å²) in [5.41, 5.74) is 10.2. The molecular weight excluding hydrogens is 312 g/mol. The average molecular weight is 337 g/mol. The molecule has 1 aromatic heterocycles. The average Bonchev–Trinajstić information content (AvgIpc) is 2.77. The van der Waals surface area contributed by atoms with Gasteiger partial charge in [-0.3, -0.25) is 4.79 Å². The first kappa shape index (κ1) is 19.2. The van der Waals surface area contributed by atoms with Gasteiger partial charge in [-0.2, -0.15) is 0 Å². The SMILES string of the molecule is Cc1cc(C)cc(-n2nc(NC(=O)[C@@H](N)C(C)C)cc2C)c1.Cl. The summed E-state index contributed by atoms with van der Waals surface area (Å²) in [6.45, 7) is 9.91. The number of carbonyl (C=O) groups is 1. The molecule has 0 spiro atoms. The highest BCUT2D eigenvalue weighted by molar-refractivity contribution is 5.94. The summed E-state index contributed by atoms with van der Waals surface area (Å²) < 4.78 is 1.83. The first-order valence-electron chi connectivity index (χ1n) is 7.49. The van der Waals surface area contributed by atoms with Crippen molar-refractivity contribution in [2.45, 2.75) is 40.7 Å². The lowest BCUT2D eigenvalue weighted by atomic mass is 10.1. The highest BCUT2D eigenvalue weighted by atomic mass is 35.5. The van der Waals surface area contributed by atoms with E-state index in [2.05, 4.69) is 42.5 Å². The molecule has 2 rings (SSSR count). The molecule has 0 aliphatic rings. The van der Waals surface area contributed by atoms with Gasteiger partial charge in [0.2, 0.25) is 5.91 Å². The molecule has 3 N–H and O–H groups in total. The van der Waals surface area contributed by atoms with E-state index in [-0.39, 0.29) is 24.2 Å². The summed E-state index contributed by atoms with van der Waals surface area (Å²) in [5, 5.41) is 7.26. The highest BCUT2D eigenvalue weighted by Crippen LogP contribution is 2.18. The summed E-state index contributed by atoms with van der Waals surface area (Å²) in [4.78, 5) is 12.0. The van der Waals surface area contributed by atoms with Crippen molar-refractivity contribution in [1.82, 2.24) is 9.78 Å². The van der Waals surface area contributed by atoms with Crippen LogP contribution < -0.4 is 11.1 Å². The Morgan fingerprint density at radius 2 is 1.70 bits per heavy atom. The van der Waals surface area contributed by atoms with Crippen LogP contribution in [-0.2, 0) is 4.79 Å². The summed E-state index contributed by atoms with van der Waals surface area (Å²) in [5.74, 6) is 0.403. The van der Waals surface area contributed by atoms with E-state index < -0.39 is 6.04 Å². The standard InChI is InChI=1S/C17H24N4O.ClH/c1-10(2)16(18)17(22)19-15-9-13(5)21(20-15)14-7-11(3)6-12(4)8-14;/h6-10,16H,18H2,1-5H3,(H,19,20,22);1H/t16-;/m0./s1. The van der Waals surface area contributed by atoms with E-state index in [1.807, 2.05) is 31.5 Å². The van der Waals surface area contributed by atoms with E-state index in [9.17, 15) is 4.79 Å². The molecule has 0 radical (unpaired) electrons. The Morgan fingerprint density at radius 1 is 1.13 bits per heavy atom. The van der Waals surface area contributed by atoms with Crippen LogP contribution in [0.3, 0.4) is 0 Å². The minimum atomic E-state index is -0.535. The van der Waals surface area contributed by atoms with E-state index in [1.54, 1.807) is 0 Å². The Bertz CT molecular complexity index is 674. The van der Waals surface area contributed by atoms with Crippen LogP contribution in [0.2, 0.25) is 0 Å². The number of amides is 1. The molecule has 126 valence electrons. The van der Waals surface area contributed by atoms with Gasteiger partial charge in [-0.15, -0.1) is 17.5 Å². The molecule has 1 amide bonds. The normalized spacial score (nSPS) is 12.0. The molecule has 2 aromatic rings. The van der Waals surface area contributed by atoms with Gasteiger partial charge in [0.05, 0.1) is 11.7 Å². The molecule has 0 aliphatic heterocycles. The van der Waals surface area contributed by atoms with Crippen LogP contribution in [0, 0.1) is 26.7 Å². The van der Waals surface area contributed by atoms with Gasteiger partial charge in [-0.05, 0) is 49.9 Å². The second-order valence-electron chi connectivity index (χ2n) is 6.19. The Morgan fingerprint density at radius 3 is 2.22 bits per heavy atom. The molecule has 0 unspecified atom stereocenters. The molecular formula is C17H25ClN4O. The van der Waals surface area contributed by atoms with Crippen LogP contribution >= 0.6 is 12.4 Å². The molecule has 1 heterocycles. The number of halogens is 1. The number of carbonyl (C=O) groups excluding carboxylic acids is 1. The molecule has 0 aliphatic carbocycles. The molecule has 5 nitrogen and oxygen atoms in total. The zero-order valence-electron chi connectivity index (χ0n) is 14.3. The lowest BCUT2D eigenvalue weighted by molar-refractivity contribution is -0.118. The molecule has 0 saturated heterocycles. The van der Waals surface area contributed by atoms with Crippen molar-refractivity contribution in [3.05, 3.63) is 41.1 Å². The van der Waals surface area contributed by atoms with Crippen LogP contribution in [0.25, 0.3) is 5.69 Å². The first-order chi connectivity index (χ1) is 10.3. The van der Waals surface area contributed by atoms with E-state index in [4.69, 9.17) is 5.73 Å². The quantitative estimate of drug-likeness (QED) is 0.900. The van der Waals surface area contributed by atoms with E-state index in [0.29, 0.717) is 5.82 Å². The number of nitrogens with one attached hydrogen (secondary N) is 1. The van der Waals surface area contributed by atoms with Crippen molar-refractivity contribution in [2.75, 3.05) is 5.32 Å². The molecule has 0 saturated carbocycles. The number of nitrogens with two attached hydrogens (primary N) is 1. The fourth-order valence-electron chi connectivity index (χ4n) is 2.38. The van der Waals surface area contributed by atoms with Crippen molar-refractivity contribution in [3.63, 3.8) is 0 Å². The van der Waals surface area contributed by atoms with Crippen LogP contribution in [0.15, 0.2) is 24.3 Å². The number of aryl methyl sites for hydroxylation is 3. The third-order valence-electron chi connectivity index (χ3n) is 3.61. The third-order valence-corrected chi connectivity index (χ3v) is 3.61. The monoisotopic (exact) mass is 336 g/mol. The number of rotatable bonds is 4. The smallest absolute Gasteiger partial charge is 0.242 e. The van der Waals surface area contributed by atoms with Gasteiger partial charge in [-0.25, -0.2) is 4.68 Å². The summed E-state index contributed by atoms with van der Waals surface area (Å²) in [6, 6.07) is 7.57. The van der Waals surface area contributed by atoms with Crippen LogP contribution in [0.5, 0.6) is 0 Å². The summed E-state index contributed by atoms with van der Waals surface area (Å²) in [6.07, 6.45) is 0. The molecule has 1 aromatic carbocycles. The maximum absolute atomic E-state index is 12.0. The Labute approximate surface area is 143 Å². The Balaban J connectivity index is 0.00000264. The van der Waals surface area contributed by atoms with Crippen molar-refractivity contribution < 1.29 is 4.79 Å². The van der Waals surface area contributed by atoms with Gasteiger partial charge < -0.3 is 11.1 Å². The third kappa shape index (κ3) is 4.56. The van der Waals surface area contributed by atoms with Crippen molar-refractivity contribution >= 4 is 24.1 Å². The maximum Gasteiger partial charge on any atom is 0.242 e. The predicted molar refractivity (Wildman–Crippen MR) is 96.5 cm³/mol. The molecule has 6 heteroatoms. The van der Waals surface area contributed by atoms with Crippen LogP contribution in [0.4, 0.5) is 5.82 Å². The number of nitrogens with zero attached hydrogens (tertiary/aromatic N) is 2. The summed E-state index contributed by atoms with van der Waals surface area (Å²) >= 11 is 0. The molecule has 23 heavy (non-hydrogen) atoms. The van der Waals surface area contributed by atoms with Gasteiger partial charge in [0.25, 0.3) is 0 Å². The number of hydrogen-bond donors (Lipinski definition) is 2. The van der Waals surface area contributed by atoms with Gasteiger partial charge in [0, 0.05) is 11.8 Å². The maximum atomic E-state index is 12.0. The van der Waals surface area contributed by atoms with Gasteiger partial charge >= 0.3 is 0 Å². The van der Waals surface area contributed by atoms with E-state index in [0.717, 1.165) is 11.4 Å². The molecule has 1 atom stereocenters. The van der Waals surface area contributed by atoms with Crippen LogP contribution in [0.1, 0.15) is 30.7 Å². The van der Waals surface area contributed by atoms with Crippen LogP contribution in [-0.4, -0.2) is 21.7 Å². The largest absolute Gasteiger partial charge is 0.320 e. The predicted octanol–water partition coefficient (Wildman–Crippen LogP) is 3.14. The summed E-state index contributed by atoms with van der Waals surface area (Å²) in [7, 11) is 0. The Hall–Kier alpha value is -1.85. The second kappa shape index (κ2) is 7.62. The van der Waals surface area contributed by atoms with Gasteiger partial charge in [-0.1, -0.05) is 19.9 Å². The number of benzene rings is 1. The highest BCUT2D eigenvalue weighted by Gasteiger charge is 2.18. The number of anilines is 1. The van der Waals surface area contributed by atoms with Crippen molar-refractivity contribution in [1.29, 1.82) is 0 Å². The first-order valence-corrected chi connectivity index (χ1v) is 7.49. The second-order valence-corrected chi connectivity index (χ2v) is 6.19. The lowest BCUT2D eigenvalue weighted by Gasteiger charge is -2.13. The van der Waals surface area contributed by atoms with E-state index in [1.165, 1.54) is 11.1 Å². The van der Waals surface area contributed by atoms with Crippen molar-refractivity contribution in [2.24, 2.45) is 11.7 Å². The zero-order valence-corrected chi connectivity index (χ0v) is 15.1. The van der Waals surface area contributed by atoms with Crippen molar-refractivity contribution in [3.8, 4) is 5.69 Å².